The fraction of sp³-hybridized carbons (Fsp3) is 0.364. The van der Waals surface area contributed by atoms with Crippen LogP contribution in [0.1, 0.15) is 19.5 Å². The third-order valence-electron chi connectivity index (χ3n) is 2.19. The molecule has 2 aromatic rings. The summed E-state index contributed by atoms with van der Waals surface area (Å²) in [6.45, 7) is 5.15. The second kappa shape index (κ2) is 3.80. The van der Waals surface area contributed by atoms with Gasteiger partial charge in [-0.15, -0.1) is 0 Å². The van der Waals surface area contributed by atoms with Gasteiger partial charge in [-0.3, -0.25) is 0 Å². The zero-order valence-corrected chi connectivity index (χ0v) is 8.57. The van der Waals surface area contributed by atoms with Crippen LogP contribution in [0.25, 0.3) is 5.65 Å². The predicted molar refractivity (Wildman–Crippen MR) is 57.2 cm³/mol. The predicted octanol–water partition coefficient (Wildman–Crippen LogP) is 1.83. The molecule has 0 bridgehead atoms. The number of rotatable bonds is 3. The van der Waals surface area contributed by atoms with Crippen LogP contribution in [0.2, 0.25) is 0 Å². The number of fused-ring (bicyclic) bond motifs is 1. The molecule has 0 saturated carbocycles. The zero-order chi connectivity index (χ0) is 9.97. The minimum Gasteiger partial charge on any atom is -0.309 e. The van der Waals surface area contributed by atoms with Gasteiger partial charge in [-0.25, -0.2) is 4.98 Å². The van der Waals surface area contributed by atoms with Gasteiger partial charge in [-0.05, 0) is 12.1 Å². The van der Waals surface area contributed by atoms with E-state index in [1.165, 1.54) is 5.69 Å². The van der Waals surface area contributed by atoms with Crippen molar-refractivity contribution in [2.45, 2.75) is 26.4 Å². The third kappa shape index (κ3) is 1.77. The maximum absolute atomic E-state index is 4.32. The number of nitrogens with one attached hydrogen (secondary N) is 1. The average molecular weight is 189 g/mol. The van der Waals surface area contributed by atoms with Crippen molar-refractivity contribution >= 4 is 5.65 Å². The van der Waals surface area contributed by atoms with Crippen LogP contribution in [0.3, 0.4) is 0 Å². The molecule has 3 heteroatoms. The normalized spacial score (nSPS) is 11.4. The summed E-state index contributed by atoms with van der Waals surface area (Å²) >= 11 is 0. The summed E-state index contributed by atoms with van der Waals surface area (Å²) in [6, 6.07) is 6.54. The quantitative estimate of drug-likeness (QED) is 0.798. The number of hydrogen-bond acceptors (Lipinski definition) is 2. The standard InChI is InChI=1S/C11H15N3/c1-9(2)12-7-10-8-13-11-5-3-4-6-14(10)11/h3-6,8-9,12H,7H2,1-2H3. The summed E-state index contributed by atoms with van der Waals surface area (Å²) in [7, 11) is 0. The summed E-state index contributed by atoms with van der Waals surface area (Å²) in [4.78, 5) is 4.32. The van der Waals surface area contributed by atoms with Crippen molar-refractivity contribution in [2.24, 2.45) is 0 Å². The summed E-state index contributed by atoms with van der Waals surface area (Å²) < 4.78 is 2.11. The SMILES string of the molecule is CC(C)NCc1cnc2ccccn12. The highest BCUT2D eigenvalue weighted by Gasteiger charge is 2.01. The Morgan fingerprint density at radius 3 is 3.07 bits per heavy atom. The monoisotopic (exact) mass is 189 g/mol. The molecule has 0 atom stereocenters. The molecule has 0 fully saturated rings. The van der Waals surface area contributed by atoms with E-state index in [4.69, 9.17) is 0 Å². The topological polar surface area (TPSA) is 29.3 Å². The lowest BCUT2D eigenvalue weighted by Crippen LogP contribution is -2.22. The van der Waals surface area contributed by atoms with E-state index in [0.717, 1.165) is 12.2 Å². The molecule has 14 heavy (non-hydrogen) atoms. The van der Waals surface area contributed by atoms with Gasteiger partial charge in [-0.2, -0.15) is 0 Å². The maximum atomic E-state index is 4.32. The van der Waals surface area contributed by atoms with E-state index in [9.17, 15) is 0 Å². The molecule has 0 spiro atoms. The molecular formula is C11H15N3. The van der Waals surface area contributed by atoms with E-state index in [2.05, 4.69) is 28.5 Å². The van der Waals surface area contributed by atoms with Gasteiger partial charge in [0.15, 0.2) is 0 Å². The minimum absolute atomic E-state index is 0.504. The van der Waals surface area contributed by atoms with Crippen LogP contribution < -0.4 is 5.32 Å². The van der Waals surface area contributed by atoms with E-state index in [0.29, 0.717) is 6.04 Å². The highest BCUT2D eigenvalue weighted by molar-refractivity contribution is 5.39. The van der Waals surface area contributed by atoms with Crippen molar-refractivity contribution in [3.05, 3.63) is 36.3 Å². The first-order valence-corrected chi connectivity index (χ1v) is 4.92. The van der Waals surface area contributed by atoms with Gasteiger partial charge >= 0.3 is 0 Å². The first-order chi connectivity index (χ1) is 6.77. The van der Waals surface area contributed by atoms with Gasteiger partial charge in [-0.1, -0.05) is 19.9 Å². The van der Waals surface area contributed by atoms with E-state index in [1.54, 1.807) is 0 Å². The molecule has 3 nitrogen and oxygen atoms in total. The first-order valence-electron chi connectivity index (χ1n) is 4.92. The van der Waals surface area contributed by atoms with E-state index in [1.807, 2.05) is 30.6 Å². The molecule has 0 aliphatic carbocycles. The summed E-state index contributed by atoms with van der Waals surface area (Å²) in [5, 5.41) is 3.38. The molecular weight excluding hydrogens is 174 g/mol. The Hall–Kier alpha value is -1.35. The van der Waals surface area contributed by atoms with Crippen molar-refractivity contribution in [3.63, 3.8) is 0 Å². The molecule has 74 valence electrons. The zero-order valence-electron chi connectivity index (χ0n) is 8.57. The van der Waals surface area contributed by atoms with Gasteiger partial charge in [0.25, 0.3) is 0 Å². The molecule has 0 aliphatic rings. The summed E-state index contributed by atoms with van der Waals surface area (Å²) in [5.41, 5.74) is 2.21. The molecule has 0 amide bonds. The third-order valence-corrected chi connectivity index (χ3v) is 2.19. The Morgan fingerprint density at radius 2 is 2.29 bits per heavy atom. The van der Waals surface area contributed by atoms with Crippen LogP contribution in [0.4, 0.5) is 0 Å². The lowest BCUT2D eigenvalue weighted by molar-refractivity contribution is 0.579. The van der Waals surface area contributed by atoms with Crippen LogP contribution in [-0.4, -0.2) is 15.4 Å². The van der Waals surface area contributed by atoms with Crippen molar-refractivity contribution in [1.82, 2.24) is 14.7 Å². The lowest BCUT2D eigenvalue weighted by atomic mass is 10.3. The first kappa shape index (κ1) is 9.21. The lowest BCUT2D eigenvalue weighted by Gasteiger charge is -2.07. The Balaban J connectivity index is 2.25. The van der Waals surface area contributed by atoms with E-state index < -0.39 is 0 Å². The molecule has 0 aliphatic heterocycles. The van der Waals surface area contributed by atoms with E-state index >= 15 is 0 Å². The molecule has 2 rings (SSSR count). The Morgan fingerprint density at radius 1 is 1.43 bits per heavy atom. The summed E-state index contributed by atoms with van der Waals surface area (Å²) in [6.07, 6.45) is 3.96. The number of hydrogen-bond donors (Lipinski definition) is 1. The van der Waals surface area contributed by atoms with Crippen molar-refractivity contribution in [1.29, 1.82) is 0 Å². The van der Waals surface area contributed by atoms with Crippen molar-refractivity contribution < 1.29 is 0 Å². The van der Waals surface area contributed by atoms with Crippen LogP contribution in [0.5, 0.6) is 0 Å². The molecule has 0 saturated heterocycles. The number of pyridine rings is 1. The van der Waals surface area contributed by atoms with Gasteiger partial charge < -0.3 is 9.72 Å². The van der Waals surface area contributed by atoms with Gasteiger partial charge in [0.2, 0.25) is 0 Å². The van der Waals surface area contributed by atoms with Crippen LogP contribution in [-0.2, 0) is 6.54 Å². The van der Waals surface area contributed by atoms with Gasteiger partial charge in [0.1, 0.15) is 5.65 Å². The minimum atomic E-state index is 0.504. The fourth-order valence-corrected chi connectivity index (χ4v) is 1.42. The Labute approximate surface area is 83.8 Å². The van der Waals surface area contributed by atoms with Crippen LogP contribution in [0.15, 0.2) is 30.6 Å². The summed E-state index contributed by atoms with van der Waals surface area (Å²) in [5.74, 6) is 0. The molecule has 0 aromatic carbocycles. The molecule has 2 aromatic heterocycles. The van der Waals surface area contributed by atoms with Gasteiger partial charge in [0.05, 0.1) is 11.9 Å². The average Bonchev–Trinajstić information content (AvgIpc) is 2.58. The van der Waals surface area contributed by atoms with Gasteiger partial charge in [0, 0.05) is 18.8 Å². The van der Waals surface area contributed by atoms with E-state index in [-0.39, 0.29) is 0 Å². The Bertz CT molecular complexity index is 417. The number of aromatic nitrogens is 2. The molecule has 0 unspecified atom stereocenters. The van der Waals surface area contributed by atoms with Crippen LogP contribution >= 0.6 is 0 Å². The largest absolute Gasteiger partial charge is 0.309 e. The molecule has 1 N–H and O–H groups in total. The second-order valence-electron chi connectivity index (χ2n) is 3.71. The Kier molecular flexibility index (Phi) is 2.50. The molecule has 2 heterocycles. The van der Waals surface area contributed by atoms with Crippen molar-refractivity contribution in [2.75, 3.05) is 0 Å². The number of imidazole rings is 1. The highest BCUT2D eigenvalue weighted by atomic mass is 15.0. The maximum Gasteiger partial charge on any atom is 0.136 e. The number of nitrogens with zero attached hydrogens (tertiary/aromatic N) is 2. The van der Waals surface area contributed by atoms with Crippen molar-refractivity contribution in [3.8, 4) is 0 Å². The second-order valence-corrected chi connectivity index (χ2v) is 3.71. The smallest absolute Gasteiger partial charge is 0.136 e. The highest BCUT2D eigenvalue weighted by Crippen LogP contribution is 2.05. The fourth-order valence-electron chi connectivity index (χ4n) is 1.42. The molecule has 0 radical (unpaired) electrons. The van der Waals surface area contributed by atoms with Crippen LogP contribution in [0, 0.1) is 0 Å².